The van der Waals surface area contributed by atoms with Crippen molar-refractivity contribution in [2.24, 2.45) is 0 Å². The minimum Gasteiger partial charge on any atom is -0.287 e. The van der Waals surface area contributed by atoms with Crippen molar-refractivity contribution in [3.05, 3.63) is 20.8 Å². The fourth-order valence-corrected chi connectivity index (χ4v) is 4.98. The van der Waals surface area contributed by atoms with Crippen LogP contribution >= 0.6 is 23.1 Å². The van der Waals surface area contributed by atoms with Gasteiger partial charge in [0.15, 0.2) is 5.16 Å². The van der Waals surface area contributed by atoms with Crippen molar-refractivity contribution in [3.63, 3.8) is 0 Å². The number of fused-ring (bicyclic) bond motifs is 1. The Labute approximate surface area is 157 Å². The van der Waals surface area contributed by atoms with Crippen LogP contribution in [0.2, 0.25) is 0 Å². The highest BCUT2D eigenvalue weighted by atomic mass is 32.2. The van der Waals surface area contributed by atoms with Crippen LogP contribution in [-0.4, -0.2) is 36.5 Å². The Morgan fingerprint density at radius 3 is 2.64 bits per heavy atom. The van der Waals surface area contributed by atoms with Crippen molar-refractivity contribution in [1.82, 2.24) is 14.3 Å². The Morgan fingerprint density at radius 1 is 1.28 bits per heavy atom. The molecule has 0 aliphatic carbocycles. The van der Waals surface area contributed by atoms with Gasteiger partial charge < -0.3 is 0 Å². The first kappa shape index (κ1) is 20.4. The summed E-state index contributed by atoms with van der Waals surface area (Å²) in [5.41, 5.74) is 1.06. The van der Waals surface area contributed by atoms with E-state index in [1.54, 1.807) is 15.9 Å². The van der Waals surface area contributed by atoms with Crippen LogP contribution in [0.4, 0.5) is 0 Å². The van der Waals surface area contributed by atoms with E-state index in [9.17, 15) is 13.2 Å². The number of thioether (sulfide) groups is 1. The molecular formula is C16H25N3O3S3. The lowest BCUT2D eigenvalue weighted by molar-refractivity contribution is 0.558. The van der Waals surface area contributed by atoms with Crippen LogP contribution in [-0.2, 0) is 16.6 Å². The minimum absolute atomic E-state index is 0.0389. The summed E-state index contributed by atoms with van der Waals surface area (Å²) in [4.78, 5) is 19.6. The SMILES string of the molecule is CCCCn1c(SCCCNS(C)(=O)=O)nc2sc(C)c(C)c2c1=O. The molecule has 0 aliphatic rings. The first-order valence-corrected chi connectivity index (χ1v) is 12.0. The molecule has 0 saturated heterocycles. The monoisotopic (exact) mass is 403 g/mol. The van der Waals surface area contributed by atoms with Gasteiger partial charge in [-0.3, -0.25) is 9.36 Å². The van der Waals surface area contributed by atoms with Gasteiger partial charge in [0.25, 0.3) is 5.56 Å². The van der Waals surface area contributed by atoms with Crippen molar-refractivity contribution >= 4 is 43.3 Å². The van der Waals surface area contributed by atoms with Crippen LogP contribution in [0.1, 0.15) is 36.6 Å². The summed E-state index contributed by atoms with van der Waals surface area (Å²) in [6, 6.07) is 0. The molecule has 0 unspecified atom stereocenters. The van der Waals surface area contributed by atoms with Crippen LogP contribution in [0.5, 0.6) is 0 Å². The Kier molecular flexibility index (Phi) is 7.07. The Bertz CT molecular complexity index is 901. The number of thiophene rings is 1. The normalized spacial score (nSPS) is 12.2. The third-order valence-electron chi connectivity index (χ3n) is 3.91. The van der Waals surface area contributed by atoms with E-state index in [2.05, 4.69) is 11.6 Å². The Hall–Kier alpha value is -0.900. The van der Waals surface area contributed by atoms with E-state index < -0.39 is 10.0 Å². The number of hydrogen-bond donors (Lipinski definition) is 1. The first-order chi connectivity index (χ1) is 11.7. The van der Waals surface area contributed by atoms with Crippen molar-refractivity contribution in [2.45, 2.75) is 51.7 Å². The highest BCUT2D eigenvalue weighted by Gasteiger charge is 2.16. The molecule has 2 rings (SSSR count). The van der Waals surface area contributed by atoms with Crippen LogP contribution in [0.15, 0.2) is 9.95 Å². The topological polar surface area (TPSA) is 81.1 Å². The maximum atomic E-state index is 12.9. The van der Waals surface area contributed by atoms with Crippen LogP contribution in [0.3, 0.4) is 0 Å². The van der Waals surface area contributed by atoms with Gasteiger partial charge in [-0.1, -0.05) is 25.1 Å². The van der Waals surface area contributed by atoms with Gasteiger partial charge in [0.2, 0.25) is 10.0 Å². The summed E-state index contributed by atoms with van der Waals surface area (Å²) in [6.45, 7) is 7.15. The van der Waals surface area contributed by atoms with E-state index >= 15 is 0 Å². The fraction of sp³-hybridized carbons (Fsp3) is 0.625. The summed E-state index contributed by atoms with van der Waals surface area (Å²) in [6.07, 6.45) is 3.77. The van der Waals surface area contributed by atoms with Gasteiger partial charge in [-0.15, -0.1) is 11.3 Å². The van der Waals surface area contributed by atoms with Gasteiger partial charge in [0.1, 0.15) is 4.83 Å². The van der Waals surface area contributed by atoms with Crippen molar-refractivity contribution in [1.29, 1.82) is 0 Å². The highest BCUT2D eigenvalue weighted by Crippen LogP contribution is 2.28. The third kappa shape index (κ3) is 5.29. The second kappa shape index (κ2) is 8.66. The zero-order valence-corrected chi connectivity index (χ0v) is 17.5. The average Bonchev–Trinajstić information content (AvgIpc) is 2.80. The van der Waals surface area contributed by atoms with E-state index in [0.29, 0.717) is 25.3 Å². The average molecular weight is 404 g/mol. The van der Waals surface area contributed by atoms with Gasteiger partial charge >= 0.3 is 0 Å². The molecule has 9 heteroatoms. The molecule has 1 N–H and O–H groups in total. The van der Waals surface area contributed by atoms with Gasteiger partial charge in [-0.25, -0.2) is 18.1 Å². The molecule has 2 heterocycles. The lowest BCUT2D eigenvalue weighted by Crippen LogP contribution is -2.24. The molecule has 0 aliphatic heterocycles. The molecule has 0 spiro atoms. The Morgan fingerprint density at radius 2 is 2.00 bits per heavy atom. The van der Waals surface area contributed by atoms with Gasteiger partial charge in [0, 0.05) is 23.7 Å². The smallest absolute Gasteiger partial charge is 0.263 e. The number of nitrogens with one attached hydrogen (secondary N) is 1. The molecule has 0 amide bonds. The van der Waals surface area contributed by atoms with Crippen LogP contribution in [0, 0.1) is 13.8 Å². The molecular weight excluding hydrogens is 378 g/mol. The summed E-state index contributed by atoms with van der Waals surface area (Å²) in [7, 11) is -3.16. The van der Waals surface area contributed by atoms with E-state index in [1.165, 1.54) is 11.8 Å². The van der Waals surface area contributed by atoms with Crippen LogP contribution in [0.25, 0.3) is 10.2 Å². The number of rotatable bonds is 9. The quantitative estimate of drug-likeness (QED) is 0.395. The maximum absolute atomic E-state index is 12.9. The maximum Gasteiger partial charge on any atom is 0.263 e. The summed E-state index contributed by atoms with van der Waals surface area (Å²) >= 11 is 3.07. The molecule has 0 saturated carbocycles. The molecule has 0 bridgehead atoms. The molecule has 2 aromatic rings. The molecule has 140 valence electrons. The van der Waals surface area contributed by atoms with Crippen molar-refractivity contribution in [2.75, 3.05) is 18.6 Å². The molecule has 0 atom stereocenters. The number of hydrogen-bond acceptors (Lipinski definition) is 6. The molecule has 0 radical (unpaired) electrons. The first-order valence-electron chi connectivity index (χ1n) is 8.32. The van der Waals surface area contributed by atoms with E-state index in [4.69, 9.17) is 4.98 Å². The van der Waals surface area contributed by atoms with Crippen molar-refractivity contribution < 1.29 is 8.42 Å². The second-order valence-corrected chi connectivity index (χ2v) is 10.1. The van der Waals surface area contributed by atoms with Gasteiger partial charge in [0.05, 0.1) is 11.6 Å². The number of aryl methyl sites for hydroxylation is 2. The molecule has 2 aromatic heterocycles. The third-order valence-corrected chi connectivity index (χ3v) is 6.80. The highest BCUT2D eigenvalue weighted by molar-refractivity contribution is 7.99. The zero-order chi connectivity index (χ0) is 18.6. The standard InChI is InChI=1S/C16H25N3O3S3/c1-5-6-9-19-15(20)13-11(2)12(3)24-14(13)18-16(19)23-10-7-8-17-25(4,21)22/h17H,5-10H2,1-4H3. The fourth-order valence-electron chi connectivity index (χ4n) is 2.43. The Balaban J connectivity index is 2.23. The van der Waals surface area contributed by atoms with Gasteiger partial charge in [-0.2, -0.15) is 0 Å². The summed E-state index contributed by atoms with van der Waals surface area (Å²) in [5.74, 6) is 0.704. The molecule has 25 heavy (non-hydrogen) atoms. The molecule has 6 nitrogen and oxygen atoms in total. The predicted molar refractivity (Wildman–Crippen MR) is 106 cm³/mol. The minimum atomic E-state index is -3.16. The summed E-state index contributed by atoms with van der Waals surface area (Å²) < 4.78 is 26.4. The van der Waals surface area contributed by atoms with Crippen LogP contribution < -0.4 is 10.3 Å². The predicted octanol–water partition coefficient (Wildman–Crippen LogP) is 2.91. The van der Waals surface area contributed by atoms with E-state index in [1.807, 2.05) is 13.8 Å². The number of sulfonamides is 1. The number of aromatic nitrogens is 2. The number of unbranched alkanes of at least 4 members (excludes halogenated alkanes) is 1. The molecule has 0 aromatic carbocycles. The number of nitrogens with zero attached hydrogens (tertiary/aromatic N) is 2. The second-order valence-electron chi connectivity index (χ2n) is 6.04. The summed E-state index contributed by atoms with van der Waals surface area (Å²) in [5, 5.41) is 1.47. The zero-order valence-electron chi connectivity index (χ0n) is 15.1. The molecule has 0 fully saturated rings. The van der Waals surface area contributed by atoms with Gasteiger partial charge in [-0.05, 0) is 32.3 Å². The largest absolute Gasteiger partial charge is 0.287 e. The lowest BCUT2D eigenvalue weighted by Gasteiger charge is -2.11. The lowest BCUT2D eigenvalue weighted by atomic mass is 10.2. The van der Waals surface area contributed by atoms with E-state index in [-0.39, 0.29) is 5.56 Å². The van der Waals surface area contributed by atoms with E-state index in [0.717, 1.165) is 44.9 Å². The van der Waals surface area contributed by atoms with Crippen molar-refractivity contribution in [3.8, 4) is 0 Å².